The minimum Gasteiger partial charge on any atom is -0.444 e. The fourth-order valence-electron chi connectivity index (χ4n) is 1.09. The topological polar surface area (TPSA) is 50.7 Å². The summed E-state index contributed by atoms with van der Waals surface area (Å²) in [6, 6.07) is -0.0484. The Kier molecular flexibility index (Phi) is 8.21. The maximum atomic E-state index is 11.6. The van der Waals surface area contributed by atoms with Gasteiger partial charge in [0.2, 0.25) is 0 Å². The van der Waals surface area contributed by atoms with Gasteiger partial charge in [-0.15, -0.1) is 0 Å². The summed E-state index contributed by atoms with van der Waals surface area (Å²) in [5.41, 5.74) is -0.485. The third-order valence-electron chi connectivity index (χ3n) is 1.77. The van der Waals surface area contributed by atoms with Crippen LogP contribution < -0.4 is 5.32 Å². The molecule has 1 amide bonds. The highest BCUT2D eigenvalue weighted by Gasteiger charge is 2.19. The molecule has 4 nitrogen and oxygen atoms in total. The summed E-state index contributed by atoms with van der Waals surface area (Å²) in [5, 5.41) is 5.09. The number of carbonyl (C=O) groups excluding carboxylic acids is 1. The van der Waals surface area contributed by atoms with Crippen molar-refractivity contribution in [2.75, 3.05) is 18.6 Å². The van der Waals surface area contributed by atoms with Gasteiger partial charge in [-0.2, -0.15) is 11.8 Å². The summed E-state index contributed by atoms with van der Waals surface area (Å²) in [4.78, 5) is 15.4. The molecule has 0 aliphatic carbocycles. The minimum atomic E-state index is -0.485. The summed E-state index contributed by atoms with van der Waals surface area (Å²) in [5.74, 6) is 0.952. The normalized spacial score (nSPS) is 12.5. The monoisotopic (exact) mass is 276 g/mol. The average molecular weight is 276 g/mol. The molecule has 0 heterocycles. The molecule has 17 heavy (non-hydrogen) atoms. The van der Waals surface area contributed by atoms with Crippen molar-refractivity contribution in [1.29, 1.82) is 0 Å². The van der Waals surface area contributed by atoms with E-state index in [9.17, 15) is 4.79 Å². The first kappa shape index (κ1) is 16.4. The van der Waals surface area contributed by atoms with E-state index in [1.54, 1.807) is 11.8 Å². The molecule has 1 atom stereocenters. The number of isothiocyanates is 1. The zero-order valence-electron chi connectivity index (χ0n) is 10.8. The Morgan fingerprint density at radius 3 is 2.71 bits per heavy atom. The van der Waals surface area contributed by atoms with Gasteiger partial charge in [-0.25, -0.2) is 9.79 Å². The second-order valence-electron chi connectivity index (χ2n) is 4.56. The van der Waals surface area contributed by atoms with Crippen LogP contribution in [0.5, 0.6) is 0 Å². The number of aliphatic imine (C=N–C) groups is 1. The van der Waals surface area contributed by atoms with Crippen LogP contribution >= 0.6 is 24.0 Å². The van der Waals surface area contributed by atoms with Gasteiger partial charge in [0.25, 0.3) is 0 Å². The van der Waals surface area contributed by atoms with Crippen LogP contribution in [0.15, 0.2) is 4.99 Å². The predicted octanol–water partition coefficient (Wildman–Crippen LogP) is 2.74. The van der Waals surface area contributed by atoms with Gasteiger partial charge in [-0.3, -0.25) is 0 Å². The molecular weight excluding hydrogens is 256 g/mol. The molecule has 1 N–H and O–H groups in total. The number of thiocarbonyl (C=S) groups is 1. The number of nitrogens with zero attached hydrogens (tertiary/aromatic N) is 1. The lowest BCUT2D eigenvalue weighted by atomic mass is 10.2. The standard InChI is InChI=1S/C11H20N2O2S2/c1-11(2,3)15-10(14)13-9(5-6-17-4)7-12-8-16/h9H,5-7H2,1-4H3,(H,13,14)/t9-/m0/s1. The number of rotatable bonds is 6. The zero-order valence-corrected chi connectivity index (χ0v) is 12.4. The highest BCUT2D eigenvalue weighted by Crippen LogP contribution is 2.08. The summed E-state index contributed by atoms with van der Waals surface area (Å²) >= 11 is 6.24. The molecule has 0 aromatic heterocycles. The van der Waals surface area contributed by atoms with Crippen molar-refractivity contribution >= 4 is 35.2 Å². The Balaban J connectivity index is 4.21. The van der Waals surface area contributed by atoms with Crippen LogP contribution in [0.1, 0.15) is 27.2 Å². The van der Waals surface area contributed by atoms with E-state index in [1.807, 2.05) is 27.0 Å². The van der Waals surface area contributed by atoms with Crippen LogP contribution in [0.4, 0.5) is 4.79 Å². The third kappa shape index (κ3) is 10.3. The number of hydrogen-bond donors (Lipinski definition) is 1. The molecule has 0 aliphatic heterocycles. The Morgan fingerprint density at radius 1 is 1.59 bits per heavy atom. The van der Waals surface area contributed by atoms with Crippen LogP contribution in [0.25, 0.3) is 0 Å². The molecule has 0 bridgehead atoms. The number of carbonyl (C=O) groups is 1. The molecule has 0 rings (SSSR count). The molecule has 0 spiro atoms. The minimum absolute atomic E-state index is 0.0484. The van der Waals surface area contributed by atoms with E-state index in [1.165, 1.54) is 0 Å². The summed E-state index contributed by atoms with van der Waals surface area (Å²) in [6.45, 7) is 5.94. The Labute approximate surface area is 113 Å². The molecule has 0 aliphatic rings. The first-order chi connectivity index (χ1) is 7.89. The number of ether oxygens (including phenoxy) is 1. The van der Waals surface area contributed by atoms with Gasteiger partial charge in [-0.05, 0) is 51.4 Å². The molecule has 0 radical (unpaired) electrons. The molecular formula is C11H20N2O2S2. The summed E-state index contributed by atoms with van der Waals surface area (Å²) < 4.78 is 5.18. The van der Waals surface area contributed by atoms with Crippen LogP contribution in [-0.4, -0.2) is 41.5 Å². The van der Waals surface area contributed by atoms with Crippen molar-refractivity contribution < 1.29 is 9.53 Å². The van der Waals surface area contributed by atoms with Crippen molar-refractivity contribution in [3.63, 3.8) is 0 Å². The van der Waals surface area contributed by atoms with E-state index in [4.69, 9.17) is 4.74 Å². The molecule has 0 saturated carbocycles. The molecule has 0 fully saturated rings. The quantitative estimate of drug-likeness (QED) is 0.598. The molecule has 0 unspecified atom stereocenters. The lowest BCUT2D eigenvalue weighted by Gasteiger charge is -2.22. The van der Waals surface area contributed by atoms with Gasteiger partial charge in [0, 0.05) is 0 Å². The fraction of sp³-hybridized carbons (Fsp3) is 0.818. The maximum Gasteiger partial charge on any atom is 0.407 e. The van der Waals surface area contributed by atoms with Gasteiger partial charge in [0.15, 0.2) is 0 Å². The third-order valence-corrected chi connectivity index (χ3v) is 2.54. The first-order valence-corrected chi connectivity index (χ1v) is 7.21. The molecule has 0 aromatic rings. The second-order valence-corrected chi connectivity index (χ2v) is 5.72. The van der Waals surface area contributed by atoms with E-state index in [0.29, 0.717) is 6.54 Å². The number of hydrogen-bond acceptors (Lipinski definition) is 5. The van der Waals surface area contributed by atoms with Crippen molar-refractivity contribution in [1.82, 2.24) is 5.32 Å². The number of amides is 1. The average Bonchev–Trinajstić information content (AvgIpc) is 2.19. The zero-order chi connectivity index (χ0) is 13.3. The van der Waals surface area contributed by atoms with Crippen molar-refractivity contribution in [2.24, 2.45) is 4.99 Å². The van der Waals surface area contributed by atoms with E-state index in [2.05, 4.69) is 27.7 Å². The van der Waals surface area contributed by atoms with Gasteiger partial charge in [-0.1, -0.05) is 0 Å². The smallest absolute Gasteiger partial charge is 0.407 e. The fourth-order valence-corrected chi connectivity index (χ4v) is 1.69. The first-order valence-electron chi connectivity index (χ1n) is 5.41. The lowest BCUT2D eigenvalue weighted by Crippen LogP contribution is -2.41. The lowest BCUT2D eigenvalue weighted by molar-refractivity contribution is 0.0505. The van der Waals surface area contributed by atoms with Gasteiger partial charge in [0.05, 0.1) is 17.7 Å². The Hall–Kier alpha value is -0.580. The highest BCUT2D eigenvalue weighted by molar-refractivity contribution is 7.98. The van der Waals surface area contributed by atoms with Crippen LogP contribution in [-0.2, 0) is 4.74 Å². The predicted molar refractivity (Wildman–Crippen MR) is 76.0 cm³/mol. The van der Waals surface area contributed by atoms with Gasteiger partial charge >= 0.3 is 6.09 Å². The van der Waals surface area contributed by atoms with Crippen LogP contribution in [0, 0.1) is 0 Å². The number of alkyl carbamates (subject to hydrolysis) is 1. The van der Waals surface area contributed by atoms with Crippen molar-refractivity contribution in [2.45, 2.75) is 38.8 Å². The largest absolute Gasteiger partial charge is 0.444 e. The van der Waals surface area contributed by atoms with E-state index >= 15 is 0 Å². The van der Waals surface area contributed by atoms with Crippen molar-refractivity contribution in [3.05, 3.63) is 0 Å². The van der Waals surface area contributed by atoms with Gasteiger partial charge in [0.1, 0.15) is 5.60 Å². The van der Waals surface area contributed by atoms with E-state index < -0.39 is 11.7 Å². The van der Waals surface area contributed by atoms with E-state index in [0.717, 1.165) is 12.2 Å². The molecule has 98 valence electrons. The van der Waals surface area contributed by atoms with E-state index in [-0.39, 0.29) is 6.04 Å². The van der Waals surface area contributed by atoms with Crippen LogP contribution in [0.3, 0.4) is 0 Å². The number of nitrogens with one attached hydrogen (secondary N) is 1. The SMILES string of the molecule is CSCC[C@@H](CN=C=S)NC(=O)OC(C)(C)C. The molecule has 0 saturated heterocycles. The second kappa shape index (κ2) is 8.50. The summed E-state index contributed by atoms with van der Waals surface area (Å²) in [6.07, 6.45) is 2.44. The highest BCUT2D eigenvalue weighted by atomic mass is 32.2. The Morgan fingerprint density at radius 2 is 2.24 bits per heavy atom. The molecule has 6 heteroatoms. The van der Waals surface area contributed by atoms with Gasteiger partial charge < -0.3 is 10.1 Å². The maximum absolute atomic E-state index is 11.6. The number of thioether (sulfide) groups is 1. The Bertz CT molecular complexity index is 284. The van der Waals surface area contributed by atoms with Crippen molar-refractivity contribution in [3.8, 4) is 0 Å². The molecule has 0 aromatic carbocycles. The summed E-state index contributed by atoms with van der Waals surface area (Å²) in [7, 11) is 0. The van der Waals surface area contributed by atoms with Crippen LogP contribution in [0.2, 0.25) is 0 Å².